The summed E-state index contributed by atoms with van der Waals surface area (Å²) in [6.45, 7) is 4.68. The molecule has 0 fully saturated rings. The quantitative estimate of drug-likeness (QED) is 0.0259. The molecule has 0 aliphatic carbocycles. The molecule has 0 aromatic rings. The van der Waals surface area contributed by atoms with Crippen LogP contribution in [0.25, 0.3) is 0 Å². The normalized spacial score (nSPS) is 13.1. The maximum absolute atomic E-state index is 12.8. The highest BCUT2D eigenvalue weighted by atomic mass is 16.6. The van der Waals surface area contributed by atoms with E-state index in [1.807, 2.05) is 0 Å². The summed E-state index contributed by atoms with van der Waals surface area (Å²) in [5.41, 5.74) is 0. The van der Waals surface area contributed by atoms with Crippen LogP contribution < -0.4 is 5.11 Å². The van der Waals surface area contributed by atoms with Gasteiger partial charge in [-0.25, -0.2) is 0 Å². The van der Waals surface area contributed by atoms with Gasteiger partial charge in [-0.2, -0.15) is 0 Å². The summed E-state index contributed by atoms with van der Waals surface area (Å²) in [4.78, 5) is 37.1. The van der Waals surface area contributed by atoms with E-state index in [1.165, 1.54) is 161 Å². The fraction of sp³-hybridized carbons (Fsp3) is 0.842. The number of unbranched alkanes of at least 4 members (excludes halogenated alkanes) is 30. The SMILES string of the molecule is CCCCCCCCCCC/C=C/C/C=C/CCCCCCCCCC(=O)OC(COCCC(C(=O)[O-])[N+](C)(C)C)COC(=O)CCCCCCC/C=C/CCCCCCCCCCC. The monoisotopic (exact) mass is 916 g/mol. The highest BCUT2D eigenvalue weighted by Gasteiger charge is 2.25. The van der Waals surface area contributed by atoms with E-state index in [2.05, 4.69) is 50.3 Å². The summed E-state index contributed by atoms with van der Waals surface area (Å²) < 4.78 is 17.3. The van der Waals surface area contributed by atoms with Crippen molar-refractivity contribution in [2.24, 2.45) is 0 Å². The molecule has 0 aliphatic rings. The van der Waals surface area contributed by atoms with Gasteiger partial charge in [0.25, 0.3) is 0 Å². The molecule has 0 amide bonds. The molecule has 0 aromatic heterocycles. The lowest BCUT2D eigenvalue weighted by atomic mass is 10.1. The molecule has 380 valence electrons. The van der Waals surface area contributed by atoms with Crippen LogP contribution in [0.3, 0.4) is 0 Å². The smallest absolute Gasteiger partial charge is 0.306 e. The predicted molar refractivity (Wildman–Crippen MR) is 273 cm³/mol. The van der Waals surface area contributed by atoms with E-state index in [4.69, 9.17) is 14.2 Å². The molecular weight excluding hydrogens is 811 g/mol. The predicted octanol–water partition coefficient (Wildman–Crippen LogP) is 14.8. The summed E-state index contributed by atoms with van der Waals surface area (Å²) in [7, 11) is 5.42. The zero-order chi connectivity index (χ0) is 47.7. The second-order valence-corrected chi connectivity index (χ2v) is 19.8. The number of carbonyl (C=O) groups is 3. The largest absolute Gasteiger partial charge is 0.544 e. The van der Waals surface area contributed by atoms with Crippen molar-refractivity contribution >= 4 is 17.9 Å². The molecule has 0 spiro atoms. The Morgan fingerprint density at radius 3 is 1.20 bits per heavy atom. The molecule has 2 unspecified atom stereocenters. The molecule has 8 nitrogen and oxygen atoms in total. The molecule has 0 rings (SSSR count). The van der Waals surface area contributed by atoms with Crippen LogP contribution >= 0.6 is 0 Å². The van der Waals surface area contributed by atoms with Gasteiger partial charge < -0.3 is 28.6 Å². The van der Waals surface area contributed by atoms with E-state index in [0.29, 0.717) is 12.8 Å². The first-order chi connectivity index (χ1) is 31.6. The molecule has 0 heterocycles. The minimum atomic E-state index is -1.13. The Bertz CT molecular complexity index is 1160. The van der Waals surface area contributed by atoms with Crippen molar-refractivity contribution in [2.75, 3.05) is 41.0 Å². The molecule has 2 atom stereocenters. The zero-order valence-electron chi connectivity index (χ0n) is 43.4. The maximum atomic E-state index is 12.8. The maximum Gasteiger partial charge on any atom is 0.306 e. The molecule has 8 heteroatoms. The number of likely N-dealkylation sites (N-methyl/N-ethyl adjacent to an activating group) is 1. The zero-order valence-corrected chi connectivity index (χ0v) is 43.4. The first-order valence-corrected chi connectivity index (χ1v) is 27.5. The Morgan fingerprint density at radius 1 is 0.462 bits per heavy atom. The topological polar surface area (TPSA) is 102 Å². The molecular formula is C57H105NO7. The third kappa shape index (κ3) is 46.4. The van der Waals surface area contributed by atoms with Gasteiger partial charge in [0.1, 0.15) is 12.6 Å². The van der Waals surface area contributed by atoms with Gasteiger partial charge in [0.05, 0.1) is 40.3 Å². The van der Waals surface area contributed by atoms with Gasteiger partial charge in [0, 0.05) is 19.3 Å². The number of hydrogen-bond acceptors (Lipinski definition) is 7. The summed E-state index contributed by atoms with van der Waals surface area (Å²) >= 11 is 0. The first kappa shape index (κ1) is 62.5. The van der Waals surface area contributed by atoms with Crippen molar-refractivity contribution < 1.29 is 38.2 Å². The van der Waals surface area contributed by atoms with E-state index in [9.17, 15) is 19.5 Å². The summed E-state index contributed by atoms with van der Waals surface area (Å²) in [6, 6.07) is -0.729. The lowest BCUT2D eigenvalue weighted by Crippen LogP contribution is -2.55. The molecule has 0 aliphatic heterocycles. The van der Waals surface area contributed by atoms with Crippen LogP contribution in [0.4, 0.5) is 0 Å². The van der Waals surface area contributed by atoms with E-state index in [-0.39, 0.29) is 42.7 Å². The second-order valence-electron chi connectivity index (χ2n) is 19.8. The molecule has 0 saturated heterocycles. The Kier molecular flexibility index (Phi) is 46.2. The summed E-state index contributed by atoms with van der Waals surface area (Å²) in [5.74, 6) is -1.74. The third-order valence-electron chi connectivity index (χ3n) is 12.5. The number of carboxylic acids is 1. The molecule has 65 heavy (non-hydrogen) atoms. The Morgan fingerprint density at radius 2 is 0.815 bits per heavy atom. The Labute approximate surface area is 402 Å². The number of ether oxygens (including phenoxy) is 3. The van der Waals surface area contributed by atoms with Crippen LogP contribution in [0.2, 0.25) is 0 Å². The standard InChI is InChI=1S/C57H105NO7/c1-6-8-10-12-14-16-18-20-22-24-26-27-28-29-30-32-34-36-38-40-42-44-46-48-56(60)65-53(51-63-50-49-54(57(61)62)58(3,4)5)52-64-55(59)47-45-43-41-39-37-35-33-31-25-23-21-19-17-15-13-11-9-7-2/h26-27,29-31,33,53-54H,6-25,28,32,34-52H2,1-5H3/b27-26+,30-29+,33-31+. The van der Waals surface area contributed by atoms with Gasteiger partial charge in [-0.05, 0) is 70.6 Å². The van der Waals surface area contributed by atoms with Crippen molar-refractivity contribution in [3.05, 3.63) is 36.5 Å². The number of allylic oxidation sites excluding steroid dienone is 6. The van der Waals surface area contributed by atoms with Crippen molar-refractivity contribution in [1.82, 2.24) is 0 Å². The van der Waals surface area contributed by atoms with E-state index < -0.39 is 18.1 Å². The van der Waals surface area contributed by atoms with Crippen LogP contribution in [0.15, 0.2) is 36.5 Å². The minimum absolute atomic E-state index is 0.0366. The molecule has 0 N–H and O–H groups in total. The number of hydrogen-bond donors (Lipinski definition) is 0. The van der Waals surface area contributed by atoms with Gasteiger partial charge in [0.2, 0.25) is 0 Å². The highest BCUT2D eigenvalue weighted by Crippen LogP contribution is 2.15. The molecule has 0 radical (unpaired) electrons. The molecule has 0 bridgehead atoms. The average molecular weight is 916 g/mol. The van der Waals surface area contributed by atoms with Gasteiger partial charge in [0.15, 0.2) is 6.10 Å². The van der Waals surface area contributed by atoms with E-state index in [1.54, 1.807) is 21.1 Å². The number of aliphatic carboxylic acids is 1. The lowest BCUT2D eigenvalue weighted by Gasteiger charge is -2.34. The fourth-order valence-electron chi connectivity index (χ4n) is 8.22. The van der Waals surface area contributed by atoms with Crippen molar-refractivity contribution in [1.29, 1.82) is 0 Å². The van der Waals surface area contributed by atoms with Crippen molar-refractivity contribution in [3.63, 3.8) is 0 Å². The first-order valence-electron chi connectivity index (χ1n) is 27.5. The molecule has 0 aromatic carbocycles. The van der Waals surface area contributed by atoms with Crippen LogP contribution in [-0.2, 0) is 28.6 Å². The van der Waals surface area contributed by atoms with Gasteiger partial charge in [-0.3, -0.25) is 9.59 Å². The molecule has 0 saturated carbocycles. The number of esters is 2. The van der Waals surface area contributed by atoms with Crippen LogP contribution in [0.1, 0.15) is 258 Å². The fourth-order valence-corrected chi connectivity index (χ4v) is 8.22. The summed E-state index contributed by atoms with van der Waals surface area (Å²) in [6.07, 6.45) is 57.5. The van der Waals surface area contributed by atoms with E-state index in [0.717, 1.165) is 64.2 Å². The van der Waals surface area contributed by atoms with Crippen LogP contribution in [0.5, 0.6) is 0 Å². The third-order valence-corrected chi connectivity index (χ3v) is 12.5. The number of carbonyl (C=O) groups excluding carboxylic acids is 3. The lowest BCUT2D eigenvalue weighted by molar-refractivity contribution is -0.889. The van der Waals surface area contributed by atoms with E-state index >= 15 is 0 Å². The Balaban J connectivity index is 4.22. The van der Waals surface area contributed by atoms with Crippen LogP contribution in [0, 0.1) is 0 Å². The minimum Gasteiger partial charge on any atom is -0.544 e. The number of quaternary nitrogens is 1. The second kappa shape index (κ2) is 48.0. The van der Waals surface area contributed by atoms with Gasteiger partial charge >= 0.3 is 11.9 Å². The average Bonchev–Trinajstić information content (AvgIpc) is 3.27. The van der Waals surface area contributed by atoms with Crippen LogP contribution in [-0.4, -0.2) is 75.5 Å². The Hall–Kier alpha value is -2.45. The number of rotatable bonds is 50. The highest BCUT2D eigenvalue weighted by molar-refractivity contribution is 5.70. The van der Waals surface area contributed by atoms with Gasteiger partial charge in [-0.1, -0.05) is 204 Å². The van der Waals surface area contributed by atoms with Crippen molar-refractivity contribution in [3.8, 4) is 0 Å². The van der Waals surface area contributed by atoms with Crippen molar-refractivity contribution in [2.45, 2.75) is 270 Å². The van der Waals surface area contributed by atoms with Gasteiger partial charge in [-0.15, -0.1) is 0 Å². The number of nitrogens with zero attached hydrogens (tertiary/aromatic N) is 1. The number of carboxylic acid groups (broad SMARTS) is 1. The summed E-state index contributed by atoms with van der Waals surface area (Å²) in [5, 5.41) is 11.7.